The first-order valence-electron chi connectivity index (χ1n) is 1.97. The van der Waals surface area contributed by atoms with Crippen LogP contribution in [0.5, 0.6) is 0 Å². The number of hydrogen-bond acceptors (Lipinski definition) is 2. The molecule has 0 rings (SSSR count). The maximum absolute atomic E-state index is 9.49. The molecule has 0 N–H and O–H groups in total. The van der Waals surface area contributed by atoms with Gasteiger partial charge in [0.2, 0.25) is 0 Å². The fraction of sp³-hybridized carbons (Fsp3) is 0.750. The van der Waals surface area contributed by atoms with Crippen molar-refractivity contribution in [2.24, 2.45) is 0 Å². The zero-order valence-corrected chi connectivity index (χ0v) is 4.73. The summed E-state index contributed by atoms with van der Waals surface area (Å²) in [5, 5.41) is 9.49. The van der Waals surface area contributed by atoms with Crippen molar-refractivity contribution in [3.63, 3.8) is 0 Å². The van der Waals surface area contributed by atoms with Gasteiger partial charge in [-0.05, 0) is 6.42 Å². The molecule has 0 saturated carbocycles. The van der Waals surface area contributed by atoms with Crippen molar-refractivity contribution in [1.82, 2.24) is 0 Å². The minimum absolute atomic E-state index is 0. The maximum Gasteiger partial charge on any atom is 1.00 e. The molecule has 0 aliphatic heterocycles. The second-order valence-electron chi connectivity index (χ2n) is 1.12. The Kier molecular flexibility index (Phi) is 8.78. The minimum atomic E-state index is -0.961. The van der Waals surface area contributed by atoms with Crippen LogP contribution in [0.15, 0.2) is 0 Å². The van der Waals surface area contributed by atoms with Crippen LogP contribution >= 0.6 is 0 Å². The number of carboxylic acids is 1. The Hall–Kier alpha value is 0.0674. The molecule has 0 bridgehead atoms. The van der Waals surface area contributed by atoms with E-state index in [0.29, 0.717) is 6.42 Å². The van der Waals surface area contributed by atoms with Crippen LogP contribution in [0.3, 0.4) is 0 Å². The van der Waals surface area contributed by atoms with Crippen LogP contribution in [0.2, 0.25) is 0 Å². The van der Waals surface area contributed by atoms with E-state index in [0.717, 1.165) is 0 Å². The smallest absolute Gasteiger partial charge is 0.550 e. The quantitative estimate of drug-likeness (QED) is 0.334. The van der Waals surface area contributed by atoms with E-state index in [2.05, 4.69) is 0 Å². The summed E-state index contributed by atoms with van der Waals surface area (Å²) in [6.45, 7) is 1.80. The van der Waals surface area contributed by atoms with Gasteiger partial charge in [-0.15, -0.1) is 0 Å². The average molecular weight is 94.0 g/mol. The van der Waals surface area contributed by atoms with Gasteiger partial charge >= 0.3 is 18.9 Å². The van der Waals surface area contributed by atoms with E-state index in [4.69, 9.17) is 0 Å². The van der Waals surface area contributed by atoms with Crippen LogP contribution in [0.1, 0.15) is 19.8 Å². The van der Waals surface area contributed by atoms with Crippen molar-refractivity contribution in [2.75, 3.05) is 0 Å². The summed E-state index contributed by atoms with van der Waals surface area (Å²) >= 11 is 0. The third-order valence-corrected chi connectivity index (χ3v) is 0.454. The molecule has 0 aromatic carbocycles. The Bertz CT molecular complexity index is 53.7. The Morgan fingerprint density at radius 2 is 2.14 bits per heavy atom. The molecule has 0 atom stereocenters. The third-order valence-electron chi connectivity index (χ3n) is 0.454. The van der Waals surface area contributed by atoms with Gasteiger partial charge in [-0.1, -0.05) is 13.3 Å². The van der Waals surface area contributed by atoms with Crippen molar-refractivity contribution in [2.45, 2.75) is 19.8 Å². The third kappa shape index (κ3) is 10.7. The number of rotatable bonds is 2. The van der Waals surface area contributed by atoms with Crippen LogP contribution in [-0.4, -0.2) is 5.97 Å². The summed E-state index contributed by atoms with van der Waals surface area (Å²) in [5.74, 6) is -0.961. The molecule has 0 aliphatic carbocycles. The number of carbonyl (C=O) groups excluding carboxylic acids is 1. The Labute approximate surface area is 55.1 Å². The largest absolute Gasteiger partial charge is 1.00 e. The van der Waals surface area contributed by atoms with Crippen molar-refractivity contribution in [3.05, 3.63) is 0 Å². The maximum atomic E-state index is 9.49. The van der Waals surface area contributed by atoms with Gasteiger partial charge in [-0.2, -0.15) is 0 Å². The summed E-state index contributed by atoms with van der Waals surface area (Å²) < 4.78 is 0. The van der Waals surface area contributed by atoms with E-state index >= 15 is 0 Å². The molecule has 0 unspecified atom stereocenters. The number of hydrogen-bond donors (Lipinski definition) is 0. The van der Waals surface area contributed by atoms with Gasteiger partial charge < -0.3 is 9.90 Å². The van der Waals surface area contributed by atoms with Gasteiger partial charge in [0.05, 0.1) is 0 Å². The molecule has 0 radical (unpaired) electrons. The topological polar surface area (TPSA) is 40.1 Å². The molecule has 0 heterocycles. The van der Waals surface area contributed by atoms with E-state index < -0.39 is 5.97 Å². The Morgan fingerprint density at radius 1 is 1.71 bits per heavy atom. The normalized spacial score (nSPS) is 7.00. The second-order valence-corrected chi connectivity index (χ2v) is 1.12. The summed E-state index contributed by atoms with van der Waals surface area (Å²) in [7, 11) is 0. The molecule has 0 aliphatic rings. The molecule has 0 aromatic heterocycles. The number of aliphatic carboxylic acids is 1. The minimum Gasteiger partial charge on any atom is -0.550 e. The fourth-order valence-corrected chi connectivity index (χ4v) is 0.204. The molecule has 0 fully saturated rings. The van der Waals surface area contributed by atoms with Crippen LogP contribution in [0.4, 0.5) is 0 Å². The first kappa shape index (κ1) is 10.1. The molecule has 3 heteroatoms. The van der Waals surface area contributed by atoms with Crippen LogP contribution in [0.25, 0.3) is 0 Å². The van der Waals surface area contributed by atoms with Crippen molar-refractivity contribution >= 4 is 5.97 Å². The monoisotopic (exact) mass is 94.1 g/mol. The second kappa shape index (κ2) is 6.07. The zero-order valence-electron chi connectivity index (χ0n) is 4.73. The summed E-state index contributed by atoms with van der Waals surface area (Å²) in [5.41, 5.74) is 0. The number of carboxylic acid groups (broad SMARTS) is 1. The molecule has 36 valence electrons. The Morgan fingerprint density at radius 3 is 2.14 bits per heavy atom. The summed E-state index contributed by atoms with van der Waals surface area (Å²) in [6.07, 6.45) is 0.850. The van der Waals surface area contributed by atoms with Gasteiger partial charge in [0, 0.05) is 5.97 Å². The van der Waals surface area contributed by atoms with E-state index in [1.54, 1.807) is 6.92 Å². The molecular formula is C4H7LiO2. The SMILES string of the molecule is CCCC(=O)[O-].[Li+]. The predicted octanol–water partition coefficient (Wildman–Crippen LogP) is -3.46. The van der Waals surface area contributed by atoms with Crippen molar-refractivity contribution < 1.29 is 28.8 Å². The standard InChI is InChI=1S/C4H8O2.Li/c1-2-3-4(5)6;/h2-3H2,1H3,(H,5,6);/q;+1/p-1. The zero-order chi connectivity index (χ0) is 4.99. The number of carbonyl (C=O) groups is 1. The van der Waals surface area contributed by atoms with Crippen molar-refractivity contribution in [1.29, 1.82) is 0 Å². The predicted molar refractivity (Wildman–Crippen MR) is 19.9 cm³/mol. The summed E-state index contributed by atoms with van der Waals surface area (Å²) in [6, 6.07) is 0. The van der Waals surface area contributed by atoms with Gasteiger partial charge in [0.25, 0.3) is 0 Å². The van der Waals surface area contributed by atoms with Gasteiger partial charge in [0.15, 0.2) is 0 Å². The van der Waals surface area contributed by atoms with E-state index in [1.807, 2.05) is 0 Å². The molecule has 0 amide bonds. The van der Waals surface area contributed by atoms with Crippen molar-refractivity contribution in [3.8, 4) is 0 Å². The van der Waals surface area contributed by atoms with Gasteiger partial charge in [-0.3, -0.25) is 0 Å². The van der Waals surface area contributed by atoms with E-state index in [9.17, 15) is 9.90 Å². The molecular weight excluding hydrogens is 87.0 g/mol. The molecule has 0 aromatic rings. The van der Waals surface area contributed by atoms with E-state index in [-0.39, 0.29) is 25.3 Å². The van der Waals surface area contributed by atoms with Crippen LogP contribution in [0, 0.1) is 0 Å². The molecule has 2 nitrogen and oxygen atoms in total. The molecule has 7 heavy (non-hydrogen) atoms. The molecule has 0 spiro atoms. The first-order chi connectivity index (χ1) is 2.77. The van der Waals surface area contributed by atoms with Gasteiger partial charge in [0.1, 0.15) is 0 Å². The first-order valence-corrected chi connectivity index (χ1v) is 1.97. The average Bonchev–Trinajstić information content (AvgIpc) is 1.35. The molecule has 0 saturated heterocycles. The summed E-state index contributed by atoms with van der Waals surface area (Å²) in [4.78, 5) is 9.49. The van der Waals surface area contributed by atoms with E-state index in [1.165, 1.54) is 0 Å². The van der Waals surface area contributed by atoms with Crippen LogP contribution in [-0.2, 0) is 4.79 Å². The van der Waals surface area contributed by atoms with Crippen LogP contribution < -0.4 is 24.0 Å². The fourth-order valence-electron chi connectivity index (χ4n) is 0.204. The Balaban J connectivity index is 0. The van der Waals surface area contributed by atoms with Gasteiger partial charge in [-0.25, -0.2) is 0 Å².